The first-order chi connectivity index (χ1) is 15.8. The van der Waals surface area contributed by atoms with Gasteiger partial charge >= 0.3 is 0 Å². The number of aryl methyl sites for hydroxylation is 1. The predicted octanol–water partition coefficient (Wildman–Crippen LogP) is 4.54. The Morgan fingerprint density at radius 2 is 1.85 bits per heavy atom. The van der Waals surface area contributed by atoms with Crippen LogP contribution in [0.3, 0.4) is 0 Å². The molecular weight excluding hydrogens is 465 g/mol. The lowest BCUT2D eigenvalue weighted by molar-refractivity contribution is -0.114. The molecule has 4 aromatic rings. The number of carbonyl (C=O) groups excluding carboxylic acids is 1. The molecule has 0 radical (unpaired) electrons. The Hall–Kier alpha value is -3.36. The molecule has 4 rings (SSSR count). The van der Waals surface area contributed by atoms with Gasteiger partial charge in [-0.25, -0.2) is 9.67 Å². The lowest BCUT2D eigenvalue weighted by atomic mass is 10.1. The number of nitrogens with zero attached hydrogens (tertiary/aromatic N) is 3. The van der Waals surface area contributed by atoms with Crippen molar-refractivity contribution in [3.05, 3.63) is 73.9 Å². The van der Waals surface area contributed by atoms with Crippen LogP contribution in [0.15, 0.2) is 41.2 Å². The molecule has 2 N–H and O–H groups in total. The van der Waals surface area contributed by atoms with Crippen molar-refractivity contribution in [3.8, 4) is 11.4 Å². The SMILES string of the molecule is CCc1nn(-c2c(Cl)cc(NC(C)=O)cc2Cl)c2nc(Cc3ccc(OC)cc3)[nH]c(=O)c12. The molecule has 1 amide bonds. The van der Waals surface area contributed by atoms with Gasteiger partial charge < -0.3 is 15.0 Å². The molecule has 0 aliphatic heterocycles. The van der Waals surface area contributed by atoms with Crippen molar-refractivity contribution < 1.29 is 9.53 Å². The van der Waals surface area contributed by atoms with Crippen LogP contribution >= 0.6 is 23.2 Å². The zero-order chi connectivity index (χ0) is 23.7. The lowest BCUT2D eigenvalue weighted by Crippen LogP contribution is -2.13. The van der Waals surface area contributed by atoms with Crippen molar-refractivity contribution in [2.24, 2.45) is 0 Å². The highest BCUT2D eigenvalue weighted by molar-refractivity contribution is 6.38. The Bertz CT molecular complexity index is 1390. The van der Waals surface area contributed by atoms with E-state index in [1.165, 1.54) is 11.6 Å². The van der Waals surface area contributed by atoms with E-state index >= 15 is 0 Å². The second kappa shape index (κ2) is 9.25. The van der Waals surface area contributed by atoms with E-state index in [9.17, 15) is 9.59 Å². The first-order valence-electron chi connectivity index (χ1n) is 10.2. The average Bonchev–Trinajstić information content (AvgIpc) is 3.12. The largest absolute Gasteiger partial charge is 0.497 e. The number of hydrogen-bond acceptors (Lipinski definition) is 5. The van der Waals surface area contributed by atoms with Crippen LogP contribution in [0.5, 0.6) is 5.75 Å². The minimum Gasteiger partial charge on any atom is -0.497 e. The maximum atomic E-state index is 13.0. The number of rotatable bonds is 6. The van der Waals surface area contributed by atoms with Crippen molar-refractivity contribution in [2.75, 3.05) is 12.4 Å². The molecular formula is C23H21Cl2N5O3. The highest BCUT2D eigenvalue weighted by Gasteiger charge is 2.21. The Morgan fingerprint density at radius 1 is 1.18 bits per heavy atom. The first-order valence-corrected chi connectivity index (χ1v) is 11.0. The van der Waals surface area contributed by atoms with Crippen LogP contribution in [0.25, 0.3) is 16.7 Å². The zero-order valence-corrected chi connectivity index (χ0v) is 19.7. The number of halogens is 2. The van der Waals surface area contributed by atoms with Crippen LogP contribution in [0.2, 0.25) is 10.0 Å². The van der Waals surface area contributed by atoms with Gasteiger partial charge in [0.25, 0.3) is 5.56 Å². The number of benzene rings is 2. The highest BCUT2D eigenvalue weighted by Crippen LogP contribution is 2.34. The molecule has 0 bridgehead atoms. The van der Waals surface area contributed by atoms with Crippen LogP contribution in [0.4, 0.5) is 5.69 Å². The Labute approximate surface area is 199 Å². The van der Waals surface area contributed by atoms with Crippen LogP contribution < -0.4 is 15.6 Å². The van der Waals surface area contributed by atoms with Crippen molar-refractivity contribution in [1.29, 1.82) is 0 Å². The first kappa shape index (κ1) is 22.8. The van der Waals surface area contributed by atoms with Crippen LogP contribution in [0, 0.1) is 0 Å². The van der Waals surface area contributed by atoms with E-state index in [1.807, 2.05) is 31.2 Å². The summed E-state index contributed by atoms with van der Waals surface area (Å²) in [5.74, 6) is 0.973. The molecule has 0 unspecified atom stereocenters. The van der Waals surface area contributed by atoms with E-state index in [0.29, 0.717) is 46.8 Å². The molecule has 0 spiro atoms. The van der Waals surface area contributed by atoms with Gasteiger partial charge in [-0.05, 0) is 36.2 Å². The van der Waals surface area contributed by atoms with Gasteiger partial charge in [0.1, 0.15) is 22.6 Å². The number of hydrogen-bond donors (Lipinski definition) is 2. The number of H-pyrrole nitrogens is 1. The monoisotopic (exact) mass is 485 g/mol. The smallest absolute Gasteiger partial charge is 0.262 e. The summed E-state index contributed by atoms with van der Waals surface area (Å²) >= 11 is 13.0. The van der Waals surface area contributed by atoms with Crippen molar-refractivity contribution in [3.63, 3.8) is 0 Å². The van der Waals surface area contributed by atoms with E-state index < -0.39 is 0 Å². The minimum absolute atomic E-state index is 0.246. The van der Waals surface area contributed by atoms with Gasteiger partial charge in [0, 0.05) is 19.0 Å². The van der Waals surface area contributed by atoms with Crippen LogP contribution in [0.1, 0.15) is 30.9 Å². The van der Waals surface area contributed by atoms with E-state index in [-0.39, 0.29) is 21.5 Å². The van der Waals surface area contributed by atoms with Crippen molar-refractivity contribution in [1.82, 2.24) is 19.7 Å². The molecule has 10 heteroatoms. The number of anilines is 1. The molecule has 0 aliphatic rings. The third kappa shape index (κ3) is 4.58. The number of aromatic amines is 1. The van der Waals surface area contributed by atoms with E-state index in [2.05, 4.69) is 15.4 Å². The topological polar surface area (TPSA) is 102 Å². The minimum atomic E-state index is -0.284. The fraction of sp³-hybridized carbons (Fsp3) is 0.217. The van der Waals surface area contributed by atoms with Crippen molar-refractivity contribution >= 4 is 45.8 Å². The number of amides is 1. The summed E-state index contributed by atoms with van der Waals surface area (Å²) in [6, 6.07) is 10.7. The summed E-state index contributed by atoms with van der Waals surface area (Å²) in [4.78, 5) is 31.9. The molecule has 8 nitrogen and oxygen atoms in total. The zero-order valence-electron chi connectivity index (χ0n) is 18.2. The summed E-state index contributed by atoms with van der Waals surface area (Å²) in [5.41, 5.74) is 2.44. The van der Waals surface area contributed by atoms with Gasteiger partial charge in [-0.15, -0.1) is 0 Å². The Kier molecular flexibility index (Phi) is 6.40. The van der Waals surface area contributed by atoms with E-state index in [0.717, 1.165) is 11.3 Å². The molecule has 0 saturated carbocycles. The number of aromatic nitrogens is 4. The molecule has 2 aromatic carbocycles. The molecule has 170 valence electrons. The molecule has 0 saturated heterocycles. The summed E-state index contributed by atoms with van der Waals surface area (Å²) in [7, 11) is 1.60. The third-order valence-electron chi connectivity index (χ3n) is 5.07. The standard InChI is InChI=1S/C23H21Cl2N5O3/c1-4-18-20-22(27-19(28-23(20)32)9-13-5-7-15(33-3)8-6-13)30(29-18)21-16(24)10-14(11-17(21)25)26-12(2)31/h5-8,10-11H,4,9H2,1-3H3,(H,26,31)(H,27,28,32). The summed E-state index contributed by atoms with van der Waals surface area (Å²) in [5, 5.41) is 8.14. The number of carbonyl (C=O) groups is 1. The molecule has 2 aromatic heterocycles. The number of nitrogens with one attached hydrogen (secondary N) is 2. The van der Waals surface area contributed by atoms with Gasteiger partial charge in [-0.1, -0.05) is 42.3 Å². The molecule has 0 fully saturated rings. The van der Waals surface area contributed by atoms with Crippen molar-refractivity contribution in [2.45, 2.75) is 26.7 Å². The van der Waals surface area contributed by atoms with Crippen LogP contribution in [-0.2, 0) is 17.6 Å². The predicted molar refractivity (Wildman–Crippen MR) is 129 cm³/mol. The van der Waals surface area contributed by atoms with Gasteiger partial charge in [0.15, 0.2) is 5.65 Å². The van der Waals surface area contributed by atoms with Gasteiger partial charge in [-0.3, -0.25) is 9.59 Å². The Balaban J connectivity index is 1.85. The van der Waals surface area contributed by atoms with Gasteiger partial charge in [0.2, 0.25) is 5.91 Å². The van der Waals surface area contributed by atoms with Crippen LogP contribution in [-0.4, -0.2) is 32.8 Å². The fourth-order valence-corrected chi connectivity index (χ4v) is 4.25. The normalized spacial score (nSPS) is 11.1. The summed E-state index contributed by atoms with van der Waals surface area (Å²) < 4.78 is 6.68. The van der Waals surface area contributed by atoms with Gasteiger partial charge in [0.05, 0.1) is 22.8 Å². The quantitative estimate of drug-likeness (QED) is 0.417. The summed E-state index contributed by atoms with van der Waals surface area (Å²) in [6.07, 6.45) is 0.927. The molecule has 33 heavy (non-hydrogen) atoms. The van der Waals surface area contributed by atoms with Gasteiger partial charge in [-0.2, -0.15) is 5.10 Å². The number of ether oxygens (including phenoxy) is 1. The average molecular weight is 486 g/mol. The number of methoxy groups -OCH3 is 1. The fourth-order valence-electron chi connectivity index (χ4n) is 3.61. The molecule has 2 heterocycles. The second-order valence-electron chi connectivity index (χ2n) is 7.42. The maximum absolute atomic E-state index is 13.0. The highest BCUT2D eigenvalue weighted by atomic mass is 35.5. The lowest BCUT2D eigenvalue weighted by Gasteiger charge is -2.11. The molecule has 0 aliphatic carbocycles. The number of fused-ring (bicyclic) bond motifs is 1. The summed E-state index contributed by atoms with van der Waals surface area (Å²) in [6.45, 7) is 3.30. The second-order valence-corrected chi connectivity index (χ2v) is 8.23. The van der Waals surface area contributed by atoms with E-state index in [1.54, 1.807) is 19.2 Å². The third-order valence-corrected chi connectivity index (χ3v) is 5.65. The molecule has 0 atom stereocenters. The Morgan fingerprint density at radius 3 is 2.42 bits per heavy atom. The maximum Gasteiger partial charge on any atom is 0.262 e. The van der Waals surface area contributed by atoms with E-state index in [4.69, 9.17) is 32.9 Å².